The average Bonchev–Trinajstić information content (AvgIpc) is 2.87. The molecular formula is C28H40Cl2O6Si. The molecule has 9 heteroatoms. The van der Waals surface area contributed by atoms with Crippen LogP contribution >= 0.6 is 23.2 Å². The van der Waals surface area contributed by atoms with E-state index < -0.39 is 32.5 Å². The van der Waals surface area contributed by atoms with Crippen molar-refractivity contribution in [2.75, 3.05) is 14.2 Å². The fraction of sp³-hybridized carbons (Fsp3) is 0.500. The molecule has 2 aromatic carbocycles. The van der Waals surface area contributed by atoms with E-state index in [4.69, 9.17) is 32.7 Å². The van der Waals surface area contributed by atoms with Crippen molar-refractivity contribution in [3.05, 3.63) is 70.8 Å². The van der Waals surface area contributed by atoms with Gasteiger partial charge in [0.1, 0.15) is 10.8 Å². The van der Waals surface area contributed by atoms with E-state index in [9.17, 15) is 9.59 Å². The third-order valence-corrected chi connectivity index (χ3v) is 7.86. The molecule has 0 saturated heterocycles. The lowest BCUT2D eigenvalue weighted by Gasteiger charge is -2.30. The summed E-state index contributed by atoms with van der Waals surface area (Å²) in [5.74, 6) is -0.825. The molecule has 0 aliphatic heterocycles. The Morgan fingerprint density at radius 2 is 1.16 bits per heavy atom. The van der Waals surface area contributed by atoms with Gasteiger partial charge < -0.3 is 19.0 Å². The van der Waals surface area contributed by atoms with Gasteiger partial charge in [-0.3, -0.25) is 9.59 Å². The van der Waals surface area contributed by atoms with Gasteiger partial charge in [-0.25, -0.2) is 0 Å². The summed E-state index contributed by atoms with van der Waals surface area (Å²) < 4.78 is 15.4. The number of alkyl halides is 2. The summed E-state index contributed by atoms with van der Waals surface area (Å²) in [6, 6.07) is 15.4. The zero-order valence-electron chi connectivity index (χ0n) is 22.8. The first-order chi connectivity index (χ1) is 17.2. The first-order valence-corrected chi connectivity index (χ1v) is 14.2. The minimum Gasteiger partial charge on any atom is -0.468 e. The zero-order chi connectivity index (χ0) is 28.2. The molecule has 2 rings (SSSR count). The van der Waals surface area contributed by atoms with Crippen LogP contribution in [0.25, 0.3) is 0 Å². The summed E-state index contributed by atoms with van der Waals surface area (Å²) in [4.78, 5) is 22.4. The van der Waals surface area contributed by atoms with Gasteiger partial charge in [0.25, 0.3) is 0 Å². The molecule has 1 N–H and O–H groups in total. The van der Waals surface area contributed by atoms with Crippen molar-refractivity contribution < 1.29 is 28.6 Å². The molecule has 206 valence electrons. The van der Waals surface area contributed by atoms with Crippen molar-refractivity contribution in [1.82, 2.24) is 0 Å². The number of benzene rings is 2. The van der Waals surface area contributed by atoms with Gasteiger partial charge in [0.2, 0.25) is 0 Å². The first-order valence-electron chi connectivity index (χ1n) is 12.1. The highest BCUT2D eigenvalue weighted by Crippen LogP contribution is 2.29. The lowest BCUT2D eigenvalue weighted by molar-refractivity contribution is -0.141. The lowest BCUT2D eigenvalue weighted by Crippen LogP contribution is -2.27. The van der Waals surface area contributed by atoms with Crippen LogP contribution in [0.15, 0.2) is 48.5 Å². The van der Waals surface area contributed by atoms with Gasteiger partial charge in [0.05, 0.1) is 26.4 Å². The van der Waals surface area contributed by atoms with Crippen LogP contribution in [0.2, 0.25) is 5.04 Å². The Morgan fingerprint density at radius 1 is 0.784 bits per heavy atom. The molecule has 0 saturated carbocycles. The maximum absolute atomic E-state index is 11.4. The molecule has 0 aliphatic carbocycles. The number of carbonyl (C=O) groups is 2. The largest absolute Gasteiger partial charge is 0.468 e. The number of ether oxygens (including phenoxy) is 2. The maximum atomic E-state index is 11.4. The van der Waals surface area contributed by atoms with E-state index in [-0.39, 0.29) is 17.2 Å². The summed E-state index contributed by atoms with van der Waals surface area (Å²) in [6.45, 7) is 10.9. The Balaban J connectivity index is 0.000000397. The van der Waals surface area contributed by atoms with Crippen molar-refractivity contribution in [3.63, 3.8) is 0 Å². The standard InChI is InChI=1S/C17H27ClO3Si.C11H13ClO3/c1-16(2,3)22-21-17(4,5)13-9-7-12(8-10-13)11-14(18)15(19)20-6;1-15-11(14)10(12)6-8-2-4-9(7-13)5-3-8/h7-10,14H,11,22H2,1-6H3;2-5,10,13H,6-7H2,1H3. The smallest absolute Gasteiger partial charge is 0.324 e. The second-order valence-electron chi connectivity index (χ2n) is 10.4. The fourth-order valence-corrected chi connectivity index (χ4v) is 4.63. The molecule has 0 fully saturated rings. The van der Waals surface area contributed by atoms with Gasteiger partial charge in [-0.05, 0) is 54.0 Å². The highest BCUT2D eigenvalue weighted by molar-refractivity contribution is 6.32. The minimum atomic E-state index is -0.657. The number of hydrogen-bond acceptors (Lipinski definition) is 6. The maximum Gasteiger partial charge on any atom is 0.324 e. The van der Waals surface area contributed by atoms with E-state index in [1.807, 2.05) is 36.4 Å². The van der Waals surface area contributed by atoms with Gasteiger partial charge in [0.15, 0.2) is 9.76 Å². The Bertz CT molecular complexity index is 972. The molecular weight excluding hydrogens is 531 g/mol. The van der Waals surface area contributed by atoms with Crippen LogP contribution in [0, 0.1) is 0 Å². The third-order valence-electron chi connectivity index (χ3n) is 5.46. The molecule has 37 heavy (non-hydrogen) atoms. The monoisotopic (exact) mass is 570 g/mol. The van der Waals surface area contributed by atoms with E-state index in [1.54, 1.807) is 12.1 Å². The van der Waals surface area contributed by atoms with Crippen LogP contribution in [0.5, 0.6) is 0 Å². The SMILES string of the molecule is COC(=O)C(Cl)Cc1ccc(C(C)(C)O[SiH2]C(C)(C)C)cc1.COC(=O)C(Cl)Cc1ccc(CO)cc1. The quantitative estimate of drug-likeness (QED) is 0.244. The molecule has 2 unspecified atom stereocenters. The van der Waals surface area contributed by atoms with Crippen LogP contribution in [0.4, 0.5) is 0 Å². The highest BCUT2D eigenvalue weighted by Gasteiger charge is 2.24. The first kappa shape index (κ1) is 33.1. The molecule has 0 heterocycles. The predicted octanol–water partition coefficient (Wildman–Crippen LogP) is 5.07. The van der Waals surface area contributed by atoms with Gasteiger partial charge in [-0.1, -0.05) is 69.3 Å². The Morgan fingerprint density at radius 3 is 1.51 bits per heavy atom. The third kappa shape index (κ3) is 12.5. The molecule has 2 aromatic rings. The number of rotatable bonds is 10. The van der Waals surface area contributed by atoms with Gasteiger partial charge in [-0.15, -0.1) is 23.2 Å². The summed E-state index contributed by atoms with van der Waals surface area (Å²) in [5, 5.41) is 7.80. The van der Waals surface area contributed by atoms with Crippen LogP contribution in [-0.2, 0) is 48.5 Å². The number of aliphatic hydroxyl groups excluding tert-OH is 1. The molecule has 2 atom stereocenters. The van der Waals surface area contributed by atoms with E-state index in [0.29, 0.717) is 12.8 Å². The van der Waals surface area contributed by atoms with Crippen LogP contribution in [0.1, 0.15) is 56.9 Å². The molecule has 0 aliphatic rings. The van der Waals surface area contributed by atoms with Crippen molar-refractivity contribution >= 4 is 44.9 Å². The normalized spacial score (nSPS) is 13.5. The Kier molecular flexibility index (Phi) is 13.9. The molecule has 0 amide bonds. The summed E-state index contributed by atoms with van der Waals surface area (Å²) in [5.41, 5.74) is 3.64. The Hall–Kier alpha value is -1.90. The fourth-order valence-electron chi connectivity index (χ4n) is 3.14. The van der Waals surface area contributed by atoms with Crippen LogP contribution in [0.3, 0.4) is 0 Å². The second-order valence-corrected chi connectivity index (χ2v) is 14.2. The predicted molar refractivity (Wildman–Crippen MR) is 152 cm³/mol. The minimum absolute atomic E-state index is 0.0155. The molecule has 0 bridgehead atoms. The number of carbonyl (C=O) groups excluding carboxylic acids is 2. The van der Waals surface area contributed by atoms with Crippen LogP contribution in [-0.4, -0.2) is 51.8 Å². The van der Waals surface area contributed by atoms with E-state index in [2.05, 4.69) is 44.1 Å². The van der Waals surface area contributed by atoms with Crippen LogP contribution < -0.4 is 0 Å². The number of esters is 2. The molecule has 0 spiro atoms. The number of hydrogen-bond donors (Lipinski definition) is 1. The molecule has 0 aromatic heterocycles. The van der Waals surface area contributed by atoms with Crippen molar-refractivity contribution in [2.24, 2.45) is 0 Å². The zero-order valence-corrected chi connectivity index (χ0v) is 25.8. The topological polar surface area (TPSA) is 82.1 Å². The van der Waals surface area contributed by atoms with E-state index >= 15 is 0 Å². The number of halogens is 2. The van der Waals surface area contributed by atoms with Crippen molar-refractivity contribution in [3.8, 4) is 0 Å². The van der Waals surface area contributed by atoms with E-state index in [0.717, 1.165) is 22.3 Å². The lowest BCUT2D eigenvalue weighted by atomic mass is 9.96. The van der Waals surface area contributed by atoms with Gasteiger partial charge >= 0.3 is 11.9 Å². The van der Waals surface area contributed by atoms with E-state index in [1.165, 1.54) is 14.2 Å². The summed E-state index contributed by atoms with van der Waals surface area (Å²) in [7, 11) is 2.04. The second kappa shape index (κ2) is 15.5. The highest BCUT2D eigenvalue weighted by atomic mass is 35.5. The number of aliphatic hydroxyl groups is 1. The van der Waals surface area contributed by atoms with Crippen molar-refractivity contribution in [1.29, 1.82) is 0 Å². The van der Waals surface area contributed by atoms with Gasteiger partial charge in [0, 0.05) is 0 Å². The van der Waals surface area contributed by atoms with Crippen molar-refractivity contribution in [2.45, 2.75) is 75.5 Å². The Labute approximate surface area is 233 Å². The van der Waals surface area contributed by atoms with Gasteiger partial charge in [-0.2, -0.15) is 0 Å². The average molecular weight is 572 g/mol. The molecule has 6 nitrogen and oxygen atoms in total. The summed E-state index contributed by atoms with van der Waals surface area (Å²) in [6.07, 6.45) is 0.895. The summed E-state index contributed by atoms with van der Waals surface area (Å²) >= 11 is 11.8. The molecule has 0 radical (unpaired) electrons. The number of methoxy groups -OCH3 is 2.